The molecule has 3 aromatic carbocycles. The van der Waals surface area contributed by atoms with Crippen LogP contribution in [0.25, 0.3) is 22.5 Å². The van der Waals surface area contributed by atoms with Crippen LogP contribution in [0.4, 0.5) is 10.5 Å². The molecule has 7 nitrogen and oxygen atoms in total. The van der Waals surface area contributed by atoms with Crippen molar-refractivity contribution >= 4 is 23.5 Å². The molecule has 0 saturated carbocycles. The summed E-state index contributed by atoms with van der Waals surface area (Å²) in [7, 11) is 3.33. The number of hydrogen-bond donors (Lipinski definition) is 2. The van der Waals surface area contributed by atoms with Crippen LogP contribution in [0.1, 0.15) is 18.9 Å². The molecule has 0 aliphatic carbocycles. The average Bonchev–Trinajstić information content (AvgIpc) is 3.30. The van der Waals surface area contributed by atoms with E-state index < -0.39 is 0 Å². The van der Waals surface area contributed by atoms with Crippen molar-refractivity contribution < 1.29 is 14.3 Å². The molecular formula is C30H34N4O3S. The van der Waals surface area contributed by atoms with Crippen LogP contribution in [0.2, 0.25) is 0 Å². The Morgan fingerprint density at radius 3 is 2.08 bits per heavy atom. The van der Waals surface area contributed by atoms with E-state index in [0.717, 1.165) is 63.4 Å². The summed E-state index contributed by atoms with van der Waals surface area (Å²) < 4.78 is 13.0. The van der Waals surface area contributed by atoms with Gasteiger partial charge in [-0.25, -0.2) is 9.78 Å². The fraction of sp³-hybridized carbons (Fsp3) is 0.267. The number of amides is 2. The number of anilines is 1. The van der Waals surface area contributed by atoms with Gasteiger partial charge in [-0.05, 0) is 74.0 Å². The predicted octanol–water partition coefficient (Wildman–Crippen LogP) is 6.87. The highest BCUT2D eigenvalue weighted by Crippen LogP contribution is 2.37. The van der Waals surface area contributed by atoms with Gasteiger partial charge >= 0.3 is 6.03 Å². The van der Waals surface area contributed by atoms with E-state index in [1.54, 1.807) is 26.0 Å². The fourth-order valence-electron chi connectivity index (χ4n) is 4.08. The number of benzene rings is 3. The first-order chi connectivity index (χ1) is 18.5. The first-order valence-corrected chi connectivity index (χ1v) is 13.6. The number of carbonyl (C=O) groups is 1. The highest BCUT2D eigenvalue weighted by atomic mass is 32.2. The number of nitrogens with zero attached hydrogens (tertiary/aromatic N) is 2. The number of imidazole rings is 1. The van der Waals surface area contributed by atoms with Crippen LogP contribution >= 0.6 is 11.8 Å². The molecule has 2 amide bonds. The third-order valence-electron chi connectivity index (χ3n) is 6.03. The number of nitrogens with one attached hydrogen (secondary N) is 2. The van der Waals surface area contributed by atoms with Gasteiger partial charge in [0.05, 0.1) is 25.6 Å². The summed E-state index contributed by atoms with van der Waals surface area (Å²) in [6.45, 7) is 5.52. The molecule has 0 spiro atoms. The minimum atomic E-state index is -0.218. The Labute approximate surface area is 228 Å². The lowest BCUT2D eigenvalue weighted by Crippen LogP contribution is -2.30. The maximum Gasteiger partial charge on any atom is 0.319 e. The third kappa shape index (κ3) is 6.69. The summed E-state index contributed by atoms with van der Waals surface area (Å²) in [6.07, 6.45) is 0.965. The Hall–Kier alpha value is -3.91. The van der Waals surface area contributed by atoms with Gasteiger partial charge in [-0.3, -0.25) is 0 Å². The van der Waals surface area contributed by atoms with Gasteiger partial charge in [0.2, 0.25) is 0 Å². The van der Waals surface area contributed by atoms with Crippen molar-refractivity contribution in [3.05, 3.63) is 78.4 Å². The summed E-state index contributed by atoms with van der Waals surface area (Å²) in [4.78, 5) is 17.4. The number of rotatable bonds is 11. The standard InChI is InChI=1S/C30H34N4O3S/c1-5-19-34-28(23-10-16-26(37-4)17-11-23)27(22-8-14-25(36-3)15-9-22)33-30(34)38-20-18-31-29(35)32-24-12-6-21(2)7-13-24/h6-17H,5,18-20H2,1-4H3,(H2,31,32,35). The number of carbonyl (C=O) groups excluding carboxylic acids is 1. The molecule has 38 heavy (non-hydrogen) atoms. The molecule has 1 aromatic heterocycles. The van der Waals surface area contributed by atoms with Gasteiger partial charge in [0.1, 0.15) is 11.5 Å². The molecule has 0 aliphatic rings. The molecule has 2 N–H and O–H groups in total. The Kier molecular flexibility index (Phi) is 9.32. The molecule has 8 heteroatoms. The van der Waals surface area contributed by atoms with Crippen molar-refractivity contribution in [3.63, 3.8) is 0 Å². The minimum Gasteiger partial charge on any atom is -0.497 e. The van der Waals surface area contributed by atoms with Gasteiger partial charge in [0.25, 0.3) is 0 Å². The number of aromatic nitrogens is 2. The molecule has 0 saturated heterocycles. The average molecular weight is 531 g/mol. The lowest BCUT2D eigenvalue weighted by molar-refractivity contribution is 0.252. The van der Waals surface area contributed by atoms with E-state index in [1.807, 2.05) is 67.6 Å². The third-order valence-corrected chi connectivity index (χ3v) is 7.01. The largest absolute Gasteiger partial charge is 0.497 e. The van der Waals surface area contributed by atoms with Gasteiger partial charge < -0.3 is 24.7 Å². The minimum absolute atomic E-state index is 0.218. The summed E-state index contributed by atoms with van der Waals surface area (Å²) in [6, 6.07) is 23.6. The quantitative estimate of drug-likeness (QED) is 0.164. The summed E-state index contributed by atoms with van der Waals surface area (Å²) in [5, 5.41) is 6.74. The molecule has 4 rings (SSSR count). The van der Waals surface area contributed by atoms with E-state index in [4.69, 9.17) is 14.5 Å². The zero-order valence-corrected chi connectivity index (χ0v) is 23.1. The number of thioether (sulfide) groups is 1. The number of ether oxygens (including phenoxy) is 2. The van der Waals surface area contributed by atoms with Gasteiger partial charge in [-0.2, -0.15) is 0 Å². The second kappa shape index (κ2) is 13.1. The Morgan fingerprint density at radius 1 is 0.895 bits per heavy atom. The van der Waals surface area contributed by atoms with E-state index in [2.05, 4.69) is 34.3 Å². The molecule has 0 atom stereocenters. The second-order valence-corrected chi connectivity index (χ2v) is 9.86. The highest BCUT2D eigenvalue weighted by Gasteiger charge is 2.20. The molecule has 0 fully saturated rings. The van der Waals surface area contributed by atoms with Crippen molar-refractivity contribution in [3.8, 4) is 34.0 Å². The molecule has 0 bridgehead atoms. The molecule has 1 heterocycles. The van der Waals surface area contributed by atoms with Gasteiger partial charge in [-0.1, -0.05) is 36.4 Å². The molecular weight excluding hydrogens is 496 g/mol. The van der Waals surface area contributed by atoms with Crippen molar-refractivity contribution in [2.24, 2.45) is 0 Å². The maximum atomic E-state index is 12.3. The lowest BCUT2D eigenvalue weighted by Gasteiger charge is -2.13. The molecule has 198 valence electrons. The first kappa shape index (κ1) is 27.1. The van der Waals surface area contributed by atoms with Gasteiger partial charge in [0.15, 0.2) is 5.16 Å². The topological polar surface area (TPSA) is 77.4 Å². The Morgan fingerprint density at radius 2 is 1.50 bits per heavy atom. The zero-order chi connectivity index (χ0) is 26.9. The van der Waals surface area contributed by atoms with E-state index in [9.17, 15) is 4.79 Å². The summed E-state index contributed by atoms with van der Waals surface area (Å²) in [5.41, 5.74) is 5.99. The molecule has 4 aromatic rings. The van der Waals surface area contributed by atoms with Crippen molar-refractivity contribution in [1.29, 1.82) is 0 Å². The monoisotopic (exact) mass is 530 g/mol. The van der Waals surface area contributed by atoms with Crippen LogP contribution in [0.3, 0.4) is 0 Å². The van der Waals surface area contributed by atoms with Gasteiger partial charge in [0, 0.05) is 35.7 Å². The van der Waals surface area contributed by atoms with E-state index in [-0.39, 0.29) is 6.03 Å². The van der Waals surface area contributed by atoms with E-state index in [0.29, 0.717) is 12.3 Å². The van der Waals surface area contributed by atoms with Crippen LogP contribution in [-0.2, 0) is 6.54 Å². The second-order valence-electron chi connectivity index (χ2n) is 8.80. The predicted molar refractivity (Wildman–Crippen MR) is 155 cm³/mol. The van der Waals surface area contributed by atoms with Crippen LogP contribution < -0.4 is 20.1 Å². The number of methoxy groups -OCH3 is 2. The molecule has 0 radical (unpaired) electrons. The Balaban J connectivity index is 1.55. The normalized spacial score (nSPS) is 10.7. The highest BCUT2D eigenvalue weighted by molar-refractivity contribution is 7.99. The van der Waals surface area contributed by atoms with Crippen molar-refractivity contribution in [1.82, 2.24) is 14.9 Å². The number of aryl methyl sites for hydroxylation is 1. The van der Waals surface area contributed by atoms with Crippen LogP contribution in [0.15, 0.2) is 78.0 Å². The lowest BCUT2D eigenvalue weighted by atomic mass is 10.0. The maximum absolute atomic E-state index is 12.3. The summed E-state index contributed by atoms with van der Waals surface area (Å²) in [5.74, 6) is 2.30. The molecule has 0 unspecified atom stereocenters. The van der Waals surface area contributed by atoms with E-state index in [1.165, 1.54) is 0 Å². The zero-order valence-electron chi connectivity index (χ0n) is 22.3. The number of urea groups is 1. The SMILES string of the molecule is CCCn1c(SCCNC(=O)Nc2ccc(C)cc2)nc(-c2ccc(OC)cc2)c1-c1ccc(OC)cc1. The number of hydrogen-bond acceptors (Lipinski definition) is 5. The Bertz CT molecular complexity index is 1330. The van der Waals surface area contributed by atoms with Crippen molar-refractivity contribution in [2.45, 2.75) is 32.0 Å². The first-order valence-electron chi connectivity index (χ1n) is 12.7. The van der Waals surface area contributed by atoms with Crippen molar-refractivity contribution in [2.75, 3.05) is 31.8 Å². The van der Waals surface area contributed by atoms with Crippen LogP contribution in [0, 0.1) is 6.92 Å². The summed E-state index contributed by atoms with van der Waals surface area (Å²) >= 11 is 1.64. The smallest absolute Gasteiger partial charge is 0.319 e. The fourth-order valence-corrected chi connectivity index (χ4v) is 4.97. The van der Waals surface area contributed by atoms with Crippen LogP contribution in [0.5, 0.6) is 11.5 Å². The molecule has 0 aliphatic heterocycles. The van der Waals surface area contributed by atoms with Crippen LogP contribution in [-0.4, -0.2) is 42.1 Å². The van der Waals surface area contributed by atoms with E-state index >= 15 is 0 Å². The van der Waals surface area contributed by atoms with Gasteiger partial charge in [-0.15, -0.1) is 0 Å².